The number of pyridine rings is 1. The van der Waals surface area contributed by atoms with Crippen LogP contribution in [0.2, 0.25) is 0 Å². The van der Waals surface area contributed by atoms with Crippen molar-refractivity contribution in [1.82, 2.24) is 14.5 Å². The maximum Gasteiger partial charge on any atom is 0.313 e. The van der Waals surface area contributed by atoms with E-state index in [-0.39, 0.29) is 11.9 Å². The van der Waals surface area contributed by atoms with Gasteiger partial charge < -0.3 is 9.30 Å². The van der Waals surface area contributed by atoms with Gasteiger partial charge in [0.2, 0.25) is 0 Å². The van der Waals surface area contributed by atoms with Crippen molar-refractivity contribution in [1.29, 1.82) is 0 Å². The zero-order valence-electron chi connectivity index (χ0n) is 19.1. The van der Waals surface area contributed by atoms with E-state index in [0.29, 0.717) is 6.61 Å². The minimum Gasteiger partial charge on any atom is -0.466 e. The van der Waals surface area contributed by atoms with Crippen molar-refractivity contribution in [2.24, 2.45) is 7.05 Å². The Kier molecular flexibility index (Phi) is 6.91. The predicted molar refractivity (Wildman–Crippen MR) is 122 cm³/mol. The van der Waals surface area contributed by atoms with E-state index in [4.69, 9.17) is 14.7 Å². The van der Waals surface area contributed by atoms with E-state index in [9.17, 15) is 4.79 Å². The Morgan fingerprint density at radius 3 is 2.37 bits per heavy atom. The molecule has 3 aromatic rings. The van der Waals surface area contributed by atoms with Crippen LogP contribution in [0.15, 0.2) is 24.3 Å². The first-order chi connectivity index (χ1) is 14.4. The molecule has 0 bridgehead atoms. The van der Waals surface area contributed by atoms with E-state index in [2.05, 4.69) is 49.6 Å². The zero-order chi connectivity index (χ0) is 21.8. The summed E-state index contributed by atoms with van der Waals surface area (Å²) >= 11 is 0. The Morgan fingerprint density at radius 1 is 1.07 bits per heavy atom. The molecule has 1 atom stereocenters. The van der Waals surface area contributed by atoms with Gasteiger partial charge in [0.1, 0.15) is 11.3 Å². The topological polar surface area (TPSA) is 57.0 Å². The number of fused-ring (bicyclic) bond motifs is 1. The Balaban J connectivity index is 2.37. The van der Waals surface area contributed by atoms with Gasteiger partial charge in [0.15, 0.2) is 5.65 Å². The molecule has 5 heteroatoms. The molecule has 2 aromatic heterocycles. The van der Waals surface area contributed by atoms with Crippen molar-refractivity contribution in [3.63, 3.8) is 0 Å². The number of imidazole rings is 1. The van der Waals surface area contributed by atoms with Crippen molar-refractivity contribution in [2.75, 3.05) is 6.61 Å². The fourth-order valence-electron chi connectivity index (χ4n) is 4.16. The zero-order valence-corrected chi connectivity index (χ0v) is 19.1. The molecular formula is C25H33N3O2. The number of rotatable bonds is 8. The summed E-state index contributed by atoms with van der Waals surface area (Å²) in [6, 6.07) is 8.45. The molecule has 0 spiro atoms. The Bertz CT molecular complexity index is 1030. The molecule has 0 amide bonds. The van der Waals surface area contributed by atoms with E-state index in [1.165, 1.54) is 5.56 Å². The molecule has 30 heavy (non-hydrogen) atoms. The fourth-order valence-corrected chi connectivity index (χ4v) is 4.16. The maximum atomic E-state index is 13.0. The van der Waals surface area contributed by atoms with Crippen LogP contribution in [-0.2, 0) is 23.0 Å². The summed E-state index contributed by atoms with van der Waals surface area (Å²) in [5.74, 6) is 0.495. The largest absolute Gasteiger partial charge is 0.466 e. The van der Waals surface area contributed by atoms with Crippen LogP contribution in [0.25, 0.3) is 22.3 Å². The highest BCUT2D eigenvalue weighted by Gasteiger charge is 2.30. The third-order valence-corrected chi connectivity index (χ3v) is 5.64. The van der Waals surface area contributed by atoms with Crippen molar-refractivity contribution < 1.29 is 9.53 Å². The molecule has 0 fully saturated rings. The number of hydrogen-bond donors (Lipinski definition) is 0. The summed E-state index contributed by atoms with van der Waals surface area (Å²) < 4.78 is 7.55. The number of esters is 1. The molecule has 160 valence electrons. The van der Waals surface area contributed by atoms with Crippen LogP contribution in [0.4, 0.5) is 0 Å². The SMILES string of the molecule is CCCc1nc2c(-c3ccc(C)cc3)c(C(CCC)C(=O)OCC)c(C)nc2n1C. The monoisotopic (exact) mass is 407 g/mol. The van der Waals surface area contributed by atoms with Crippen LogP contribution in [0.3, 0.4) is 0 Å². The number of aryl methyl sites for hydroxylation is 4. The van der Waals surface area contributed by atoms with E-state index >= 15 is 0 Å². The minimum atomic E-state index is -0.347. The summed E-state index contributed by atoms with van der Waals surface area (Å²) in [4.78, 5) is 22.9. The number of carbonyl (C=O) groups excluding carboxylic acids is 1. The van der Waals surface area contributed by atoms with Crippen molar-refractivity contribution in [3.8, 4) is 11.1 Å². The molecule has 0 N–H and O–H groups in total. The highest BCUT2D eigenvalue weighted by atomic mass is 16.5. The van der Waals surface area contributed by atoms with Gasteiger partial charge >= 0.3 is 5.97 Å². The number of aromatic nitrogens is 3. The Morgan fingerprint density at radius 2 is 1.77 bits per heavy atom. The summed E-state index contributed by atoms with van der Waals surface area (Å²) in [5.41, 5.74) is 6.85. The van der Waals surface area contributed by atoms with Gasteiger partial charge in [-0.2, -0.15) is 0 Å². The molecule has 0 saturated heterocycles. The average molecular weight is 408 g/mol. The first-order valence-electron chi connectivity index (χ1n) is 11.0. The van der Waals surface area contributed by atoms with Gasteiger partial charge in [-0.25, -0.2) is 9.97 Å². The van der Waals surface area contributed by atoms with Crippen LogP contribution in [0, 0.1) is 13.8 Å². The van der Waals surface area contributed by atoms with Crippen LogP contribution < -0.4 is 0 Å². The first kappa shape index (κ1) is 22.0. The second-order valence-corrected chi connectivity index (χ2v) is 7.95. The summed E-state index contributed by atoms with van der Waals surface area (Å²) in [7, 11) is 2.03. The third kappa shape index (κ3) is 4.11. The third-order valence-electron chi connectivity index (χ3n) is 5.64. The van der Waals surface area contributed by atoms with E-state index in [1.807, 2.05) is 20.9 Å². The molecule has 5 nitrogen and oxygen atoms in total. The molecule has 0 aliphatic rings. The second-order valence-electron chi connectivity index (χ2n) is 7.95. The van der Waals surface area contributed by atoms with Crippen LogP contribution in [0.5, 0.6) is 0 Å². The van der Waals surface area contributed by atoms with Crippen molar-refractivity contribution in [2.45, 2.75) is 66.2 Å². The number of benzene rings is 1. The van der Waals surface area contributed by atoms with Gasteiger partial charge in [-0.15, -0.1) is 0 Å². The molecule has 0 aliphatic carbocycles. The molecular weight excluding hydrogens is 374 g/mol. The summed E-state index contributed by atoms with van der Waals surface area (Å²) in [6.07, 6.45) is 3.52. The van der Waals surface area contributed by atoms with Crippen molar-refractivity contribution in [3.05, 3.63) is 46.9 Å². The van der Waals surface area contributed by atoms with Crippen LogP contribution in [-0.4, -0.2) is 27.1 Å². The van der Waals surface area contributed by atoms with Crippen LogP contribution >= 0.6 is 0 Å². The minimum absolute atomic E-state index is 0.179. The van der Waals surface area contributed by atoms with Crippen molar-refractivity contribution >= 4 is 17.1 Å². The van der Waals surface area contributed by atoms with E-state index < -0.39 is 0 Å². The molecule has 1 aromatic carbocycles. The van der Waals surface area contributed by atoms with Crippen LogP contribution in [0.1, 0.15) is 68.6 Å². The van der Waals surface area contributed by atoms with Gasteiger partial charge in [-0.05, 0) is 44.7 Å². The number of ether oxygens (including phenoxy) is 1. The lowest BCUT2D eigenvalue weighted by Gasteiger charge is -2.21. The molecule has 0 saturated carbocycles. The summed E-state index contributed by atoms with van der Waals surface area (Å²) in [6.45, 7) is 10.6. The molecule has 2 heterocycles. The predicted octanol–water partition coefficient (Wildman–Crippen LogP) is 5.65. The van der Waals surface area contributed by atoms with Gasteiger partial charge in [-0.1, -0.05) is 50.1 Å². The lowest BCUT2D eigenvalue weighted by Crippen LogP contribution is -2.19. The highest BCUT2D eigenvalue weighted by molar-refractivity contribution is 5.96. The molecule has 1 unspecified atom stereocenters. The van der Waals surface area contributed by atoms with Gasteiger partial charge in [-0.3, -0.25) is 4.79 Å². The smallest absolute Gasteiger partial charge is 0.313 e. The standard InChI is InChI=1S/C25H33N3O2/c1-7-10-19(25(29)30-9-3)21-17(5)26-24-23(27-20(11-8-2)28(24)6)22(21)18-14-12-16(4)13-15-18/h12-15,19H,7-11H2,1-6H3. The Labute approximate surface area is 179 Å². The first-order valence-corrected chi connectivity index (χ1v) is 11.0. The summed E-state index contributed by atoms with van der Waals surface area (Å²) in [5, 5.41) is 0. The maximum absolute atomic E-state index is 13.0. The molecule has 3 rings (SSSR count). The van der Waals surface area contributed by atoms with E-state index in [1.54, 1.807) is 0 Å². The second kappa shape index (κ2) is 9.41. The lowest BCUT2D eigenvalue weighted by molar-refractivity contribution is -0.145. The number of carbonyl (C=O) groups is 1. The van der Waals surface area contributed by atoms with Gasteiger partial charge in [0, 0.05) is 24.7 Å². The lowest BCUT2D eigenvalue weighted by atomic mass is 9.86. The van der Waals surface area contributed by atoms with Gasteiger partial charge in [0.05, 0.1) is 12.5 Å². The normalized spacial score (nSPS) is 12.3. The highest BCUT2D eigenvalue weighted by Crippen LogP contribution is 2.39. The quantitative estimate of drug-likeness (QED) is 0.453. The Hall–Kier alpha value is -2.69. The van der Waals surface area contributed by atoms with E-state index in [0.717, 1.165) is 65.1 Å². The molecule has 0 aliphatic heterocycles. The fraction of sp³-hybridized carbons (Fsp3) is 0.480. The number of hydrogen-bond acceptors (Lipinski definition) is 4. The van der Waals surface area contributed by atoms with Gasteiger partial charge in [0.25, 0.3) is 0 Å². The average Bonchev–Trinajstić information content (AvgIpc) is 3.02. The molecule has 0 radical (unpaired) electrons. The number of nitrogens with zero attached hydrogens (tertiary/aromatic N) is 3.